The lowest BCUT2D eigenvalue weighted by Crippen LogP contribution is -2.15. The highest BCUT2D eigenvalue weighted by Gasteiger charge is 2.17. The van der Waals surface area contributed by atoms with Crippen LogP contribution >= 0.6 is 23.2 Å². The first-order chi connectivity index (χ1) is 10.3. The number of hydrogen-bond acceptors (Lipinski definition) is 6. The van der Waals surface area contributed by atoms with Crippen LogP contribution in [0.4, 0.5) is 5.69 Å². The minimum absolute atomic E-state index is 0.0608. The number of nitrogens with zero attached hydrogens (tertiary/aromatic N) is 2. The largest absolute Gasteiger partial charge is 0.504 e. The zero-order valence-electron chi connectivity index (χ0n) is 11.2. The van der Waals surface area contributed by atoms with Crippen molar-refractivity contribution in [3.63, 3.8) is 0 Å². The average molecular weight is 364 g/mol. The molecule has 10 heteroatoms. The SMILES string of the molecule is COc1ncc(CS(=O)(=O)Nc2cncc(Cl)c2O)cc1Cl. The molecule has 0 spiro atoms. The molecule has 0 amide bonds. The van der Waals surface area contributed by atoms with Crippen LogP contribution < -0.4 is 9.46 Å². The zero-order valence-corrected chi connectivity index (χ0v) is 13.6. The average Bonchev–Trinajstić information content (AvgIpc) is 2.43. The minimum Gasteiger partial charge on any atom is -0.504 e. The van der Waals surface area contributed by atoms with Gasteiger partial charge >= 0.3 is 0 Å². The Labute approximate surface area is 136 Å². The van der Waals surface area contributed by atoms with Crippen LogP contribution in [0.5, 0.6) is 11.6 Å². The van der Waals surface area contributed by atoms with Gasteiger partial charge in [-0.25, -0.2) is 13.4 Å². The van der Waals surface area contributed by atoms with E-state index in [1.165, 1.54) is 25.6 Å². The number of anilines is 1. The van der Waals surface area contributed by atoms with E-state index in [9.17, 15) is 13.5 Å². The van der Waals surface area contributed by atoms with E-state index >= 15 is 0 Å². The highest BCUT2D eigenvalue weighted by atomic mass is 35.5. The van der Waals surface area contributed by atoms with Crippen LogP contribution in [-0.2, 0) is 15.8 Å². The Bertz CT molecular complexity index is 799. The van der Waals surface area contributed by atoms with Crippen molar-refractivity contribution >= 4 is 38.9 Å². The van der Waals surface area contributed by atoms with Crippen molar-refractivity contribution in [2.75, 3.05) is 11.8 Å². The van der Waals surface area contributed by atoms with Crippen LogP contribution in [0, 0.1) is 0 Å². The number of pyridine rings is 2. The van der Waals surface area contributed by atoms with Crippen molar-refractivity contribution in [3.05, 3.63) is 40.3 Å². The number of methoxy groups -OCH3 is 1. The maximum absolute atomic E-state index is 12.1. The van der Waals surface area contributed by atoms with Crippen molar-refractivity contribution in [3.8, 4) is 11.6 Å². The number of aromatic nitrogens is 2. The second-order valence-corrected chi connectivity index (χ2v) is 6.75. The molecule has 2 N–H and O–H groups in total. The number of hydrogen-bond donors (Lipinski definition) is 2. The van der Waals surface area contributed by atoms with E-state index in [-0.39, 0.29) is 21.6 Å². The zero-order chi connectivity index (χ0) is 16.3. The number of halogens is 2. The van der Waals surface area contributed by atoms with E-state index in [1.807, 2.05) is 0 Å². The van der Waals surface area contributed by atoms with Crippen LogP contribution in [0.25, 0.3) is 0 Å². The highest BCUT2D eigenvalue weighted by molar-refractivity contribution is 7.91. The van der Waals surface area contributed by atoms with E-state index in [2.05, 4.69) is 14.7 Å². The number of rotatable bonds is 5. The monoisotopic (exact) mass is 363 g/mol. The van der Waals surface area contributed by atoms with E-state index in [0.29, 0.717) is 5.56 Å². The molecule has 0 saturated heterocycles. The van der Waals surface area contributed by atoms with E-state index in [1.54, 1.807) is 0 Å². The van der Waals surface area contributed by atoms with Crippen molar-refractivity contribution < 1.29 is 18.3 Å². The molecule has 0 aromatic carbocycles. The molecule has 0 unspecified atom stereocenters. The molecule has 118 valence electrons. The molecule has 0 fully saturated rings. The fourth-order valence-electron chi connectivity index (χ4n) is 1.62. The summed E-state index contributed by atoms with van der Waals surface area (Å²) in [5.74, 6) is -0.589. The number of aromatic hydroxyl groups is 1. The molecule has 0 aliphatic carbocycles. The third-order valence-corrected chi connectivity index (χ3v) is 4.34. The van der Waals surface area contributed by atoms with Gasteiger partial charge in [0.25, 0.3) is 0 Å². The summed E-state index contributed by atoms with van der Waals surface area (Å²) in [6, 6.07) is 1.43. The number of sulfonamides is 1. The Balaban J connectivity index is 2.21. The van der Waals surface area contributed by atoms with Crippen LogP contribution in [0.2, 0.25) is 10.0 Å². The third-order valence-electron chi connectivity index (χ3n) is 2.55. The number of ether oxygens (including phenoxy) is 1. The van der Waals surface area contributed by atoms with Gasteiger partial charge in [0.1, 0.15) is 15.7 Å². The molecule has 2 heterocycles. The summed E-state index contributed by atoms with van der Waals surface area (Å²) in [5.41, 5.74) is 0.243. The van der Waals surface area contributed by atoms with Crippen LogP contribution in [0.1, 0.15) is 5.56 Å². The molecule has 0 atom stereocenters. The summed E-state index contributed by atoms with van der Waals surface area (Å²) >= 11 is 11.6. The molecule has 22 heavy (non-hydrogen) atoms. The lowest BCUT2D eigenvalue weighted by atomic mass is 10.3. The topological polar surface area (TPSA) is 101 Å². The van der Waals surface area contributed by atoms with Gasteiger partial charge in [0, 0.05) is 12.4 Å². The summed E-state index contributed by atoms with van der Waals surface area (Å²) in [6.07, 6.45) is 3.68. The molecule has 2 rings (SSSR count). The fourth-order valence-corrected chi connectivity index (χ4v) is 3.20. The second kappa shape index (κ2) is 6.55. The standard InChI is InChI=1S/C12H11Cl2N3O4S/c1-21-12-8(13)2-7(3-16-12)6-22(19,20)17-10-5-15-4-9(14)11(10)18/h2-5,17H,6H2,1H3,(H,15,18). The Morgan fingerprint density at radius 3 is 2.64 bits per heavy atom. The molecule has 0 aliphatic heterocycles. The van der Waals surface area contributed by atoms with Gasteiger partial charge in [-0.2, -0.15) is 0 Å². The maximum atomic E-state index is 12.1. The van der Waals surface area contributed by atoms with Gasteiger partial charge in [-0.05, 0) is 11.6 Å². The molecular formula is C12H11Cl2N3O4S. The molecular weight excluding hydrogens is 353 g/mol. The van der Waals surface area contributed by atoms with Crippen LogP contribution in [-0.4, -0.2) is 30.6 Å². The number of nitrogens with one attached hydrogen (secondary N) is 1. The summed E-state index contributed by atoms with van der Waals surface area (Å²) in [5, 5.41) is 9.83. The maximum Gasteiger partial charge on any atom is 0.237 e. The smallest absolute Gasteiger partial charge is 0.237 e. The van der Waals surface area contributed by atoms with E-state index in [4.69, 9.17) is 27.9 Å². The van der Waals surface area contributed by atoms with Gasteiger partial charge in [-0.1, -0.05) is 23.2 Å². The first kappa shape index (κ1) is 16.6. The summed E-state index contributed by atoms with van der Waals surface area (Å²) in [4.78, 5) is 7.59. The van der Waals surface area contributed by atoms with Crippen LogP contribution in [0.15, 0.2) is 24.7 Å². The van der Waals surface area contributed by atoms with Gasteiger partial charge in [0.15, 0.2) is 5.75 Å². The Kier molecular flexibility index (Phi) is 4.94. The Morgan fingerprint density at radius 2 is 2.00 bits per heavy atom. The summed E-state index contributed by atoms with van der Waals surface area (Å²) < 4.78 is 31.3. The normalized spacial score (nSPS) is 11.2. The lowest BCUT2D eigenvalue weighted by molar-refractivity contribution is 0.398. The molecule has 2 aromatic heterocycles. The van der Waals surface area contributed by atoms with E-state index < -0.39 is 21.5 Å². The quantitative estimate of drug-likeness (QED) is 0.845. The predicted octanol–water partition coefficient (Wildman–Crippen LogP) is 2.44. The molecule has 2 aromatic rings. The van der Waals surface area contributed by atoms with Crippen molar-refractivity contribution in [2.45, 2.75) is 5.75 Å². The Hall–Kier alpha value is -1.77. The van der Waals surface area contributed by atoms with Gasteiger partial charge in [0.2, 0.25) is 15.9 Å². The van der Waals surface area contributed by atoms with Gasteiger partial charge in [-0.3, -0.25) is 9.71 Å². The van der Waals surface area contributed by atoms with E-state index in [0.717, 1.165) is 6.20 Å². The van der Waals surface area contributed by atoms with Crippen LogP contribution in [0.3, 0.4) is 0 Å². The van der Waals surface area contributed by atoms with Crippen molar-refractivity contribution in [1.82, 2.24) is 9.97 Å². The van der Waals surface area contributed by atoms with Gasteiger partial charge < -0.3 is 9.84 Å². The van der Waals surface area contributed by atoms with Crippen molar-refractivity contribution in [2.24, 2.45) is 0 Å². The fraction of sp³-hybridized carbons (Fsp3) is 0.167. The van der Waals surface area contributed by atoms with Gasteiger partial charge in [0.05, 0.1) is 19.1 Å². The Morgan fingerprint density at radius 1 is 1.27 bits per heavy atom. The first-order valence-corrected chi connectivity index (χ1v) is 8.24. The molecule has 0 bridgehead atoms. The molecule has 7 nitrogen and oxygen atoms in total. The summed E-state index contributed by atoms with van der Waals surface area (Å²) in [6.45, 7) is 0. The molecule has 0 saturated carbocycles. The highest BCUT2D eigenvalue weighted by Crippen LogP contribution is 2.31. The van der Waals surface area contributed by atoms with Gasteiger partial charge in [-0.15, -0.1) is 0 Å². The lowest BCUT2D eigenvalue weighted by Gasteiger charge is -2.10. The third kappa shape index (κ3) is 3.90. The predicted molar refractivity (Wildman–Crippen MR) is 83.0 cm³/mol. The molecule has 0 aliphatic rings. The molecule has 0 radical (unpaired) electrons. The second-order valence-electron chi connectivity index (χ2n) is 4.21. The van der Waals surface area contributed by atoms with Crippen molar-refractivity contribution in [1.29, 1.82) is 0 Å². The first-order valence-electron chi connectivity index (χ1n) is 5.84. The minimum atomic E-state index is -3.81. The summed E-state index contributed by atoms with van der Waals surface area (Å²) in [7, 11) is -2.41.